The summed E-state index contributed by atoms with van der Waals surface area (Å²) in [6.45, 7) is 6.30. The van der Waals surface area contributed by atoms with Gasteiger partial charge in [0.25, 0.3) is 0 Å². The van der Waals surface area contributed by atoms with E-state index in [1.165, 1.54) is 0 Å². The van der Waals surface area contributed by atoms with E-state index in [1.54, 1.807) is 23.4 Å². The van der Waals surface area contributed by atoms with Crippen LogP contribution in [0.3, 0.4) is 0 Å². The van der Waals surface area contributed by atoms with Gasteiger partial charge in [-0.25, -0.2) is 8.42 Å². The molecule has 2 N–H and O–H groups in total. The topological polar surface area (TPSA) is 63.4 Å². The molecule has 0 aromatic heterocycles. The Morgan fingerprint density at radius 3 is 2.53 bits per heavy atom. The number of anilines is 1. The van der Waals surface area contributed by atoms with Gasteiger partial charge in [-0.1, -0.05) is 0 Å². The van der Waals surface area contributed by atoms with Crippen molar-refractivity contribution >= 4 is 31.6 Å². The van der Waals surface area contributed by atoms with Gasteiger partial charge in [-0.3, -0.25) is 0 Å². The summed E-state index contributed by atoms with van der Waals surface area (Å²) < 4.78 is 27.9. The molecule has 1 aliphatic rings. The largest absolute Gasteiger partial charge is 0.398 e. The van der Waals surface area contributed by atoms with Gasteiger partial charge in [-0.2, -0.15) is 4.31 Å². The van der Waals surface area contributed by atoms with Gasteiger partial charge in [0.2, 0.25) is 10.0 Å². The Balaban J connectivity index is 2.55. The normalized spacial score (nSPS) is 19.8. The van der Waals surface area contributed by atoms with Crippen LogP contribution in [0.4, 0.5) is 5.69 Å². The maximum absolute atomic E-state index is 12.8. The van der Waals surface area contributed by atoms with Crippen molar-refractivity contribution in [2.75, 3.05) is 12.3 Å². The monoisotopic (exact) mass is 346 g/mol. The molecule has 0 bridgehead atoms. The van der Waals surface area contributed by atoms with Crippen molar-refractivity contribution in [2.24, 2.45) is 0 Å². The first-order chi connectivity index (χ1) is 8.66. The van der Waals surface area contributed by atoms with Crippen molar-refractivity contribution in [2.45, 2.75) is 44.0 Å². The van der Waals surface area contributed by atoms with Crippen molar-refractivity contribution in [1.29, 1.82) is 0 Å². The van der Waals surface area contributed by atoms with E-state index in [2.05, 4.69) is 15.9 Å². The lowest BCUT2D eigenvalue weighted by Crippen LogP contribution is -2.42. The van der Waals surface area contributed by atoms with Crippen LogP contribution in [-0.2, 0) is 10.0 Å². The highest BCUT2D eigenvalue weighted by atomic mass is 79.9. The number of nitrogens with zero attached hydrogens (tertiary/aromatic N) is 1. The third-order valence-electron chi connectivity index (χ3n) is 3.69. The molecule has 19 heavy (non-hydrogen) atoms. The smallest absolute Gasteiger partial charge is 0.243 e. The van der Waals surface area contributed by atoms with Crippen molar-refractivity contribution in [1.82, 2.24) is 4.31 Å². The van der Waals surface area contributed by atoms with E-state index in [4.69, 9.17) is 5.73 Å². The fourth-order valence-corrected chi connectivity index (χ4v) is 5.14. The number of benzene rings is 1. The minimum atomic E-state index is -3.48. The van der Waals surface area contributed by atoms with Crippen LogP contribution in [0, 0.1) is 6.92 Å². The Bertz CT molecular complexity index is 611. The van der Waals surface area contributed by atoms with E-state index < -0.39 is 10.0 Å². The van der Waals surface area contributed by atoms with E-state index in [1.807, 2.05) is 13.8 Å². The molecule has 1 saturated heterocycles. The van der Waals surface area contributed by atoms with Crippen LogP contribution in [0.5, 0.6) is 0 Å². The molecular weight excluding hydrogens is 328 g/mol. The molecule has 0 saturated carbocycles. The van der Waals surface area contributed by atoms with Crippen LogP contribution in [0.1, 0.15) is 32.3 Å². The van der Waals surface area contributed by atoms with Gasteiger partial charge < -0.3 is 5.73 Å². The Morgan fingerprint density at radius 2 is 2.00 bits per heavy atom. The predicted molar refractivity (Wildman–Crippen MR) is 80.5 cm³/mol. The van der Waals surface area contributed by atoms with Crippen molar-refractivity contribution < 1.29 is 8.42 Å². The third-order valence-corrected chi connectivity index (χ3v) is 6.63. The van der Waals surface area contributed by atoms with E-state index in [-0.39, 0.29) is 5.54 Å². The summed E-state index contributed by atoms with van der Waals surface area (Å²) in [5.41, 5.74) is 6.65. The molecular formula is C13H19BrN2O2S. The predicted octanol–water partition coefficient (Wildman–Crippen LogP) is 2.90. The summed E-state index contributed by atoms with van der Waals surface area (Å²) in [5, 5.41) is 0. The molecule has 0 spiro atoms. The lowest BCUT2D eigenvalue weighted by Gasteiger charge is -2.31. The number of aryl methyl sites for hydroxylation is 1. The Kier molecular flexibility index (Phi) is 3.70. The zero-order valence-corrected chi connectivity index (χ0v) is 13.8. The highest BCUT2D eigenvalue weighted by Gasteiger charge is 2.41. The van der Waals surface area contributed by atoms with Gasteiger partial charge in [0.1, 0.15) is 0 Å². The number of nitrogens with two attached hydrogens (primary N) is 1. The van der Waals surface area contributed by atoms with Crippen LogP contribution in [-0.4, -0.2) is 24.8 Å². The van der Waals surface area contributed by atoms with Gasteiger partial charge in [0, 0.05) is 22.2 Å². The number of halogens is 1. The van der Waals surface area contributed by atoms with Crippen molar-refractivity contribution in [3.05, 3.63) is 22.2 Å². The number of rotatable bonds is 2. The molecule has 106 valence electrons. The summed E-state index contributed by atoms with van der Waals surface area (Å²) in [5.74, 6) is 0. The van der Waals surface area contributed by atoms with Gasteiger partial charge in [0.15, 0.2) is 0 Å². The molecule has 4 nitrogen and oxygen atoms in total. The fourth-order valence-electron chi connectivity index (χ4n) is 2.59. The van der Waals surface area contributed by atoms with Crippen molar-refractivity contribution in [3.63, 3.8) is 0 Å². The third kappa shape index (κ3) is 2.53. The molecule has 0 radical (unpaired) electrons. The maximum atomic E-state index is 12.8. The van der Waals surface area contributed by atoms with Crippen LogP contribution in [0.25, 0.3) is 0 Å². The second-order valence-electron chi connectivity index (χ2n) is 5.63. The van der Waals surface area contributed by atoms with E-state index in [0.29, 0.717) is 22.7 Å². The van der Waals surface area contributed by atoms with Gasteiger partial charge in [-0.05, 0) is 67.2 Å². The molecule has 1 aromatic carbocycles. The summed E-state index contributed by atoms with van der Waals surface area (Å²) in [6.07, 6.45) is 1.79. The SMILES string of the molecule is Cc1cc(Br)c(N)cc1S(=O)(=O)N1CCCC1(C)C. The van der Waals surface area contributed by atoms with Crippen LogP contribution >= 0.6 is 15.9 Å². The van der Waals surface area contributed by atoms with Gasteiger partial charge in [-0.15, -0.1) is 0 Å². The fraction of sp³-hybridized carbons (Fsp3) is 0.538. The van der Waals surface area contributed by atoms with Crippen LogP contribution in [0.2, 0.25) is 0 Å². The molecule has 6 heteroatoms. The molecule has 0 amide bonds. The molecule has 1 aliphatic heterocycles. The Labute approximate surface area is 123 Å². The number of hydrogen-bond donors (Lipinski definition) is 1. The van der Waals surface area contributed by atoms with Gasteiger partial charge >= 0.3 is 0 Å². The highest BCUT2D eigenvalue weighted by molar-refractivity contribution is 9.10. The average molecular weight is 347 g/mol. The zero-order chi connectivity index (χ0) is 14.4. The summed E-state index contributed by atoms with van der Waals surface area (Å²) in [7, 11) is -3.48. The number of hydrogen-bond acceptors (Lipinski definition) is 3. The highest BCUT2D eigenvalue weighted by Crippen LogP contribution is 2.36. The summed E-state index contributed by atoms with van der Waals surface area (Å²) in [6, 6.07) is 3.30. The van der Waals surface area contributed by atoms with Crippen LogP contribution in [0.15, 0.2) is 21.5 Å². The first kappa shape index (κ1) is 14.8. The van der Waals surface area contributed by atoms with Gasteiger partial charge in [0.05, 0.1) is 4.90 Å². The molecule has 1 aromatic rings. The first-order valence-corrected chi connectivity index (χ1v) is 8.48. The molecule has 1 heterocycles. The average Bonchev–Trinajstić information content (AvgIpc) is 2.63. The number of sulfonamides is 1. The minimum absolute atomic E-state index is 0.308. The molecule has 2 rings (SSSR count). The molecule has 0 atom stereocenters. The van der Waals surface area contributed by atoms with Crippen molar-refractivity contribution in [3.8, 4) is 0 Å². The summed E-state index contributed by atoms with van der Waals surface area (Å²) >= 11 is 3.32. The van der Waals surface area contributed by atoms with E-state index in [0.717, 1.165) is 17.3 Å². The second kappa shape index (κ2) is 4.75. The lowest BCUT2D eigenvalue weighted by atomic mass is 10.0. The molecule has 0 unspecified atom stereocenters. The van der Waals surface area contributed by atoms with E-state index >= 15 is 0 Å². The van der Waals surface area contributed by atoms with Crippen LogP contribution < -0.4 is 5.73 Å². The minimum Gasteiger partial charge on any atom is -0.398 e. The molecule has 0 aliphatic carbocycles. The Morgan fingerprint density at radius 1 is 1.37 bits per heavy atom. The van der Waals surface area contributed by atoms with E-state index in [9.17, 15) is 8.42 Å². The lowest BCUT2D eigenvalue weighted by molar-refractivity contribution is 0.291. The molecule has 1 fully saturated rings. The maximum Gasteiger partial charge on any atom is 0.243 e. The first-order valence-electron chi connectivity index (χ1n) is 6.25. The zero-order valence-electron chi connectivity index (χ0n) is 11.4. The quantitative estimate of drug-likeness (QED) is 0.837. The number of nitrogen functional groups attached to an aromatic ring is 1. The summed E-state index contributed by atoms with van der Waals surface area (Å²) in [4.78, 5) is 0.308. The standard InChI is InChI=1S/C13H19BrN2O2S/c1-9-7-10(14)11(15)8-12(9)19(17,18)16-6-4-5-13(16,2)3/h7-8H,4-6,15H2,1-3H3. The second-order valence-corrected chi connectivity index (χ2v) is 8.32. The Hall–Kier alpha value is -0.590.